The molecule has 0 fully saturated rings. The van der Waals surface area contributed by atoms with E-state index in [-0.39, 0.29) is 0 Å². The Labute approximate surface area is 139 Å². The molecule has 0 aliphatic carbocycles. The molecule has 0 saturated carbocycles. The molecule has 1 aromatic carbocycles. The first-order chi connectivity index (χ1) is 10.6. The van der Waals surface area contributed by atoms with E-state index in [0.717, 1.165) is 11.4 Å². The van der Waals surface area contributed by atoms with Gasteiger partial charge in [-0.3, -0.25) is 0 Å². The van der Waals surface area contributed by atoms with Crippen LogP contribution < -0.4 is 20.1 Å². The summed E-state index contributed by atoms with van der Waals surface area (Å²) in [5.74, 6) is 2.12. The van der Waals surface area contributed by atoms with Gasteiger partial charge >= 0.3 is 0 Å². The molecule has 2 rings (SSSR count). The van der Waals surface area contributed by atoms with Gasteiger partial charge in [-0.15, -0.1) is 0 Å². The average molecular weight is 336 g/mol. The van der Waals surface area contributed by atoms with Crippen LogP contribution in [0.3, 0.4) is 0 Å². The van der Waals surface area contributed by atoms with E-state index in [1.807, 2.05) is 24.3 Å². The molecule has 0 amide bonds. The lowest BCUT2D eigenvalue weighted by Gasteiger charge is -2.13. The highest BCUT2D eigenvalue weighted by atomic mass is 32.1. The maximum atomic E-state index is 5.29. The van der Waals surface area contributed by atoms with Crippen molar-refractivity contribution < 1.29 is 13.9 Å². The summed E-state index contributed by atoms with van der Waals surface area (Å²) in [5, 5.41) is 6.09. The SMILES string of the molecule is COc1cc(NC(=S)C(=S)NCc2ccco2)cc(OC)c1. The lowest BCUT2D eigenvalue weighted by Crippen LogP contribution is -2.31. The van der Waals surface area contributed by atoms with Crippen LogP contribution in [0, 0.1) is 0 Å². The Morgan fingerprint density at radius 1 is 1.09 bits per heavy atom. The number of thiocarbonyl (C=S) groups is 2. The zero-order chi connectivity index (χ0) is 15.9. The molecule has 22 heavy (non-hydrogen) atoms. The van der Waals surface area contributed by atoms with Gasteiger partial charge in [-0.05, 0) is 12.1 Å². The van der Waals surface area contributed by atoms with Crippen LogP contribution in [-0.4, -0.2) is 24.2 Å². The Bertz CT molecular complexity index is 635. The lowest BCUT2D eigenvalue weighted by molar-refractivity contribution is 0.395. The van der Waals surface area contributed by atoms with Crippen molar-refractivity contribution in [1.82, 2.24) is 5.32 Å². The van der Waals surface area contributed by atoms with E-state index in [1.165, 1.54) is 0 Å². The number of furan rings is 1. The second-order valence-corrected chi connectivity index (χ2v) is 5.13. The number of hydrogen-bond acceptors (Lipinski definition) is 5. The first-order valence-electron chi connectivity index (χ1n) is 6.47. The number of benzene rings is 1. The third kappa shape index (κ3) is 4.44. The quantitative estimate of drug-likeness (QED) is 0.814. The summed E-state index contributed by atoms with van der Waals surface area (Å²) in [4.78, 5) is 0.852. The molecule has 0 saturated heterocycles. The van der Waals surface area contributed by atoms with Crippen molar-refractivity contribution in [2.45, 2.75) is 6.54 Å². The molecule has 0 aliphatic heterocycles. The fourth-order valence-electron chi connectivity index (χ4n) is 1.73. The highest BCUT2D eigenvalue weighted by molar-refractivity contribution is 7.89. The molecule has 7 heteroatoms. The topological polar surface area (TPSA) is 55.7 Å². The van der Waals surface area contributed by atoms with Crippen molar-refractivity contribution in [3.05, 3.63) is 42.4 Å². The van der Waals surface area contributed by atoms with E-state index >= 15 is 0 Å². The Balaban J connectivity index is 1.97. The summed E-state index contributed by atoms with van der Waals surface area (Å²) < 4.78 is 15.6. The largest absolute Gasteiger partial charge is 0.497 e. The van der Waals surface area contributed by atoms with Gasteiger partial charge < -0.3 is 24.5 Å². The molecular formula is C15H16N2O3S2. The van der Waals surface area contributed by atoms with Gasteiger partial charge in [-0.25, -0.2) is 0 Å². The van der Waals surface area contributed by atoms with Crippen LogP contribution in [0.15, 0.2) is 41.0 Å². The number of nitrogens with one attached hydrogen (secondary N) is 2. The van der Waals surface area contributed by atoms with Crippen molar-refractivity contribution in [3.63, 3.8) is 0 Å². The van der Waals surface area contributed by atoms with Gasteiger partial charge in [0.15, 0.2) is 0 Å². The summed E-state index contributed by atoms with van der Waals surface area (Å²) in [6.07, 6.45) is 1.61. The zero-order valence-electron chi connectivity index (χ0n) is 12.2. The summed E-state index contributed by atoms with van der Waals surface area (Å²) in [7, 11) is 3.18. The second-order valence-electron chi connectivity index (χ2n) is 4.32. The minimum atomic E-state index is 0.414. The fraction of sp³-hybridized carbons (Fsp3) is 0.200. The summed E-state index contributed by atoms with van der Waals surface area (Å²) in [6, 6.07) is 9.08. The average Bonchev–Trinajstić information content (AvgIpc) is 3.05. The normalized spacial score (nSPS) is 9.91. The van der Waals surface area contributed by atoms with Crippen molar-refractivity contribution in [1.29, 1.82) is 0 Å². The summed E-state index contributed by atoms with van der Waals surface area (Å²) >= 11 is 10.5. The van der Waals surface area contributed by atoms with Crippen molar-refractivity contribution in [2.75, 3.05) is 19.5 Å². The smallest absolute Gasteiger partial charge is 0.138 e. The zero-order valence-corrected chi connectivity index (χ0v) is 13.8. The Morgan fingerprint density at radius 3 is 2.32 bits per heavy atom. The molecule has 2 N–H and O–H groups in total. The van der Waals surface area contributed by atoms with Crippen LogP contribution >= 0.6 is 24.4 Å². The van der Waals surface area contributed by atoms with Gasteiger partial charge in [0.25, 0.3) is 0 Å². The van der Waals surface area contributed by atoms with Crippen LogP contribution in [0.2, 0.25) is 0 Å². The summed E-state index contributed by atoms with van der Waals surface area (Å²) in [5.41, 5.74) is 0.739. The maximum absolute atomic E-state index is 5.29. The van der Waals surface area contributed by atoms with E-state index in [2.05, 4.69) is 10.6 Å². The Morgan fingerprint density at radius 2 is 1.77 bits per heavy atom. The third-order valence-electron chi connectivity index (χ3n) is 2.82. The number of anilines is 1. The fourth-order valence-corrected chi connectivity index (χ4v) is 2.04. The number of ether oxygens (including phenoxy) is 2. The van der Waals surface area contributed by atoms with Crippen LogP contribution in [-0.2, 0) is 6.54 Å². The molecule has 0 atom stereocenters. The maximum Gasteiger partial charge on any atom is 0.138 e. The third-order valence-corrected chi connectivity index (χ3v) is 3.60. The Hall–Kier alpha value is -2.12. The van der Waals surface area contributed by atoms with Crippen molar-refractivity contribution in [3.8, 4) is 11.5 Å². The number of methoxy groups -OCH3 is 2. The van der Waals surface area contributed by atoms with Gasteiger partial charge in [0.05, 0.1) is 27.0 Å². The van der Waals surface area contributed by atoms with Crippen LogP contribution in [0.25, 0.3) is 0 Å². The number of rotatable bonds is 5. The van der Waals surface area contributed by atoms with Crippen LogP contribution in [0.5, 0.6) is 11.5 Å². The molecule has 1 aromatic heterocycles. The van der Waals surface area contributed by atoms with Crippen molar-refractivity contribution in [2.24, 2.45) is 0 Å². The van der Waals surface area contributed by atoms with E-state index in [0.29, 0.717) is 28.0 Å². The first-order valence-corrected chi connectivity index (χ1v) is 7.28. The van der Waals surface area contributed by atoms with Gasteiger partial charge in [-0.2, -0.15) is 0 Å². The van der Waals surface area contributed by atoms with Gasteiger partial charge in [0.1, 0.15) is 27.2 Å². The van der Waals surface area contributed by atoms with E-state index in [4.69, 9.17) is 38.3 Å². The molecule has 0 spiro atoms. The van der Waals surface area contributed by atoms with Gasteiger partial charge in [0.2, 0.25) is 0 Å². The summed E-state index contributed by atoms with van der Waals surface area (Å²) in [6.45, 7) is 0.481. The molecule has 1 heterocycles. The Kier molecular flexibility index (Phi) is 5.74. The molecule has 0 unspecified atom stereocenters. The molecular weight excluding hydrogens is 320 g/mol. The lowest BCUT2D eigenvalue weighted by atomic mass is 10.2. The standard InChI is InChI=1S/C15H16N2O3S2/c1-18-12-6-10(7-13(8-12)19-2)17-15(22)14(21)16-9-11-4-3-5-20-11/h3-8H,9H2,1-2H3,(H,16,21)(H,17,22). The highest BCUT2D eigenvalue weighted by Crippen LogP contribution is 2.25. The second kappa shape index (κ2) is 7.77. The monoisotopic (exact) mass is 336 g/mol. The van der Waals surface area contributed by atoms with Gasteiger partial charge in [-0.1, -0.05) is 24.4 Å². The minimum Gasteiger partial charge on any atom is -0.497 e. The van der Waals surface area contributed by atoms with Crippen LogP contribution in [0.4, 0.5) is 5.69 Å². The van der Waals surface area contributed by atoms with Crippen LogP contribution in [0.1, 0.15) is 5.76 Å². The van der Waals surface area contributed by atoms with E-state index in [9.17, 15) is 0 Å². The van der Waals surface area contributed by atoms with E-state index < -0.39 is 0 Å². The molecule has 0 aliphatic rings. The van der Waals surface area contributed by atoms with E-state index in [1.54, 1.807) is 26.5 Å². The number of hydrogen-bond donors (Lipinski definition) is 2. The van der Waals surface area contributed by atoms with Crippen molar-refractivity contribution >= 4 is 40.1 Å². The molecule has 2 aromatic rings. The molecule has 0 bridgehead atoms. The molecule has 0 radical (unpaired) electrons. The molecule has 5 nitrogen and oxygen atoms in total. The molecule has 116 valence electrons. The van der Waals surface area contributed by atoms with Gasteiger partial charge in [0, 0.05) is 23.9 Å². The predicted octanol–water partition coefficient (Wildman–Crippen LogP) is 3.15. The first kappa shape index (κ1) is 16.3. The highest BCUT2D eigenvalue weighted by Gasteiger charge is 2.08. The predicted molar refractivity (Wildman–Crippen MR) is 93.9 cm³/mol. The minimum absolute atomic E-state index is 0.414.